The molecule has 0 unspecified atom stereocenters. The van der Waals surface area contributed by atoms with E-state index in [1.54, 1.807) is 0 Å². The van der Waals surface area contributed by atoms with Gasteiger partial charge in [0.15, 0.2) is 0 Å². The van der Waals surface area contributed by atoms with Crippen molar-refractivity contribution in [1.82, 2.24) is 0 Å². The molecule has 0 aliphatic carbocycles. The molecule has 0 heterocycles. The third kappa shape index (κ3) is 7.38. The van der Waals surface area contributed by atoms with Gasteiger partial charge in [-0.3, -0.25) is 0 Å². The minimum atomic E-state index is 1.10. The summed E-state index contributed by atoms with van der Waals surface area (Å²) < 4.78 is 0. The lowest BCUT2D eigenvalue weighted by molar-refractivity contribution is 1.28. The van der Waals surface area contributed by atoms with E-state index < -0.39 is 0 Å². The zero-order valence-corrected chi connectivity index (χ0v) is 30.5. The maximum Gasteiger partial charge on any atom is 0.0462 e. The second kappa shape index (κ2) is 15.4. The number of hydrogen-bond acceptors (Lipinski definition) is 1. The first-order valence-corrected chi connectivity index (χ1v) is 18.8. The average molecular weight is 702 g/mol. The van der Waals surface area contributed by atoms with Crippen LogP contribution in [-0.2, 0) is 0 Å². The van der Waals surface area contributed by atoms with Crippen LogP contribution in [0.15, 0.2) is 237 Å². The molecule has 0 fully saturated rings. The van der Waals surface area contributed by atoms with Gasteiger partial charge < -0.3 is 4.90 Å². The third-order valence-electron chi connectivity index (χ3n) is 10.4. The molecule has 0 radical (unpaired) electrons. The Morgan fingerprint density at radius 1 is 0.145 bits per heavy atom. The molecule has 0 saturated heterocycles. The number of rotatable bonds is 9. The van der Waals surface area contributed by atoms with Crippen molar-refractivity contribution in [2.24, 2.45) is 0 Å². The number of hydrogen-bond donors (Lipinski definition) is 0. The molecule has 0 aliphatic rings. The van der Waals surface area contributed by atoms with Gasteiger partial charge >= 0.3 is 0 Å². The predicted octanol–water partition coefficient (Wildman–Crippen LogP) is 15.2. The summed E-state index contributed by atoms with van der Waals surface area (Å²) in [6.07, 6.45) is 0. The van der Waals surface area contributed by atoms with Crippen molar-refractivity contribution < 1.29 is 0 Å². The smallest absolute Gasteiger partial charge is 0.0462 e. The predicted molar refractivity (Wildman–Crippen MR) is 234 cm³/mol. The van der Waals surface area contributed by atoms with Gasteiger partial charge in [-0.2, -0.15) is 0 Å². The van der Waals surface area contributed by atoms with Crippen LogP contribution in [-0.4, -0.2) is 0 Å². The van der Waals surface area contributed by atoms with E-state index in [1.807, 2.05) is 0 Å². The number of anilines is 3. The molecule has 1 heteroatoms. The van der Waals surface area contributed by atoms with Crippen LogP contribution in [0.1, 0.15) is 0 Å². The molecule has 9 rings (SSSR count). The maximum absolute atomic E-state index is 2.34. The Labute approximate surface area is 324 Å². The molecule has 0 aromatic heterocycles. The van der Waals surface area contributed by atoms with Crippen molar-refractivity contribution in [3.05, 3.63) is 237 Å². The standard InChI is InChI=1S/C54H39N/c1-4-10-40(11-5-1)43-16-22-46(23-17-43)49-28-34-52(35-29-49)55(53-36-30-50(31-37-53)47-24-18-44(19-25-47)41-12-6-2-7-13-41)54-38-32-51(33-39-54)48-26-20-45(21-27-48)42-14-8-3-9-15-42/h1-39H. The monoisotopic (exact) mass is 701 g/mol. The van der Waals surface area contributed by atoms with E-state index >= 15 is 0 Å². The van der Waals surface area contributed by atoms with E-state index in [9.17, 15) is 0 Å². The van der Waals surface area contributed by atoms with E-state index in [0.717, 1.165) is 17.1 Å². The van der Waals surface area contributed by atoms with Gasteiger partial charge in [-0.15, -0.1) is 0 Å². The zero-order chi connectivity index (χ0) is 36.8. The molecule has 0 spiro atoms. The SMILES string of the molecule is c1ccc(-c2ccc(-c3ccc(N(c4ccc(-c5ccc(-c6ccccc6)cc5)cc4)c4ccc(-c5ccc(-c6ccccc6)cc5)cc4)cc3)cc2)cc1. The molecule has 55 heavy (non-hydrogen) atoms. The van der Waals surface area contributed by atoms with Gasteiger partial charge in [0.05, 0.1) is 0 Å². The summed E-state index contributed by atoms with van der Waals surface area (Å²) in [6, 6.07) is 84.9. The van der Waals surface area contributed by atoms with E-state index in [2.05, 4.69) is 241 Å². The lowest BCUT2D eigenvalue weighted by atomic mass is 9.99. The highest BCUT2D eigenvalue weighted by atomic mass is 15.1. The van der Waals surface area contributed by atoms with Crippen LogP contribution in [0.25, 0.3) is 66.8 Å². The fourth-order valence-corrected chi connectivity index (χ4v) is 7.31. The second-order valence-corrected chi connectivity index (χ2v) is 13.8. The lowest BCUT2D eigenvalue weighted by Gasteiger charge is -2.26. The van der Waals surface area contributed by atoms with Crippen molar-refractivity contribution in [2.45, 2.75) is 0 Å². The Balaban J connectivity index is 1.02. The van der Waals surface area contributed by atoms with Crippen LogP contribution < -0.4 is 4.90 Å². The van der Waals surface area contributed by atoms with Gasteiger partial charge in [0.2, 0.25) is 0 Å². The molecule has 0 atom stereocenters. The van der Waals surface area contributed by atoms with Crippen molar-refractivity contribution in [1.29, 1.82) is 0 Å². The van der Waals surface area contributed by atoms with E-state index in [-0.39, 0.29) is 0 Å². The Hall–Kier alpha value is -7.22. The van der Waals surface area contributed by atoms with Crippen molar-refractivity contribution in [3.8, 4) is 66.8 Å². The summed E-state index contributed by atoms with van der Waals surface area (Å²) in [7, 11) is 0. The molecule has 9 aromatic carbocycles. The van der Waals surface area contributed by atoms with Gasteiger partial charge in [-0.25, -0.2) is 0 Å². The summed E-state index contributed by atoms with van der Waals surface area (Å²) in [5.74, 6) is 0. The second-order valence-electron chi connectivity index (χ2n) is 13.8. The number of nitrogens with zero attached hydrogens (tertiary/aromatic N) is 1. The molecule has 1 nitrogen and oxygen atoms in total. The largest absolute Gasteiger partial charge is 0.311 e. The Morgan fingerprint density at radius 3 is 0.473 bits per heavy atom. The lowest BCUT2D eigenvalue weighted by Crippen LogP contribution is -2.09. The van der Waals surface area contributed by atoms with E-state index in [4.69, 9.17) is 0 Å². The summed E-state index contributed by atoms with van der Waals surface area (Å²) in [4.78, 5) is 2.34. The van der Waals surface area contributed by atoms with Crippen LogP contribution in [0, 0.1) is 0 Å². The molecule has 9 aromatic rings. The van der Waals surface area contributed by atoms with Gasteiger partial charge in [-0.05, 0) is 103 Å². The van der Waals surface area contributed by atoms with Crippen LogP contribution in [0.2, 0.25) is 0 Å². The Morgan fingerprint density at radius 2 is 0.291 bits per heavy atom. The van der Waals surface area contributed by atoms with Gasteiger partial charge in [-0.1, -0.05) is 200 Å². The zero-order valence-electron chi connectivity index (χ0n) is 30.5. The molecule has 0 N–H and O–H groups in total. The maximum atomic E-state index is 2.34. The first-order valence-electron chi connectivity index (χ1n) is 18.8. The summed E-state index contributed by atoms with van der Waals surface area (Å²) in [6.45, 7) is 0. The fraction of sp³-hybridized carbons (Fsp3) is 0. The van der Waals surface area contributed by atoms with Crippen LogP contribution in [0.5, 0.6) is 0 Å². The highest BCUT2D eigenvalue weighted by molar-refractivity contribution is 5.82. The Kier molecular flexibility index (Phi) is 9.41. The molecule has 0 amide bonds. The Bertz CT molecular complexity index is 2290. The molecular formula is C54H39N. The summed E-state index contributed by atoms with van der Waals surface area (Å²) in [5, 5.41) is 0. The molecule has 0 bridgehead atoms. The highest BCUT2D eigenvalue weighted by Gasteiger charge is 2.14. The van der Waals surface area contributed by atoms with Gasteiger partial charge in [0, 0.05) is 17.1 Å². The molecule has 260 valence electrons. The third-order valence-corrected chi connectivity index (χ3v) is 10.4. The van der Waals surface area contributed by atoms with Crippen LogP contribution >= 0.6 is 0 Å². The van der Waals surface area contributed by atoms with E-state index in [1.165, 1.54) is 66.8 Å². The number of benzene rings is 9. The summed E-state index contributed by atoms with van der Waals surface area (Å²) >= 11 is 0. The molecule has 0 saturated carbocycles. The molecule has 0 aliphatic heterocycles. The molecular weight excluding hydrogens is 663 g/mol. The minimum absolute atomic E-state index is 1.10. The fourth-order valence-electron chi connectivity index (χ4n) is 7.31. The van der Waals surface area contributed by atoms with Crippen molar-refractivity contribution >= 4 is 17.1 Å². The van der Waals surface area contributed by atoms with Crippen molar-refractivity contribution in [2.75, 3.05) is 4.90 Å². The highest BCUT2D eigenvalue weighted by Crippen LogP contribution is 2.38. The quantitative estimate of drug-likeness (QED) is 0.145. The van der Waals surface area contributed by atoms with Crippen molar-refractivity contribution in [3.63, 3.8) is 0 Å². The topological polar surface area (TPSA) is 3.24 Å². The van der Waals surface area contributed by atoms with Crippen LogP contribution in [0.3, 0.4) is 0 Å². The first-order chi connectivity index (χ1) is 27.2. The normalized spacial score (nSPS) is 10.9. The minimum Gasteiger partial charge on any atom is -0.311 e. The van der Waals surface area contributed by atoms with Crippen LogP contribution in [0.4, 0.5) is 17.1 Å². The van der Waals surface area contributed by atoms with Gasteiger partial charge in [0.1, 0.15) is 0 Å². The van der Waals surface area contributed by atoms with E-state index in [0.29, 0.717) is 0 Å². The average Bonchev–Trinajstić information content (AvgIpc) is 3.28. The van der Waals surface area contributed by atoms with Gasteiger partial charge in [0.25, 0.3) is 0 Å². The first kappa shape index (κ1) is 33.6. The summed E-state index contributed by atoms with van der Waals surface area (Å²) in [5.41, 5.74) is 17.8.